The molecule has 0 spiro atoms. The number of thiophene rings is 1. The molecule has 3 aromatic rings. The molecular weight excluding hydrogens is 300 g/mol. The van der Waals surface area contributed by atoms with Gasteiger partial charge >= 0.3 is 11.2 Å². The second kappa shape index (κ2) is 4.81. The fourth-order valence-corrected chi connectivity index (χ4v) is 3.04. The smallest absolute Gasteiger partial charge is 0.365 e. The van der Waals surface area contributed by atoms with Crippen molar-refractivity contribution in [3.63, 3.8) is 0 Å². The lowest BCUT2D eigenvalue weighted by Crippen LogP contribution is -2.38. The third-order valence-electron chi connectivity index (χ3n) is 3.02. The second-order valence-electron chi connectivity index (χ2n) is 4.21. The van der Waals surface area contributed by atoms with Gasteiger partial charge in [-0.25, -0.2) is 4.79 Å². The molecule has 0 unspecified atom stereocenters. The summed E-state index contributed by atoms with van der Waals surface area (Å²) in [6.07, 6.45) is 0. The van der Waals surface area contributed by atoms with E-state index < -0.39 is 11.2 Å². The first-order chi connectivity index (χ1) is 9.59. The summed E-state index contributed by atoms with van der Waals surface area (Å²) in [5.41, 5.74) is -0.242. The Hall–Kier alpha value is -2.05. The minimum absolute atomic E-state index is 0.135. The Morgan fingerprint density at radius 1 is 1.20 bits per heavy atom. The summed E-state index contributed by atoms with van der Waals surface area (Å²) >= 11 is 7.26. The van der Waals surface area contributed by atoms with E-state index in [0.717, 1.165) is 5.56 Å². The highest BCUT2D eigenvalue weighted by Gasteiger charge is 2.14. The largest absolute Gasteiger partial charge is 0.421 e. The number of hydrogen-bond acceptors (Lipinski definition) is 4. The highest BCUT2D eigenvalue weighted by molar-refractivity contribution is 7.17. The standard InChI is InChI=1S/C13H9ClN2O3S/c14-9-4-2-1-3-8(9)7-15-10-5-6-20-11(10)12(17)16(19)13(15)18/h1-6,19H,7H2. The lowest BCUT2D eigenvalue weighted by atomic mass is 10.2. The zero-order chi connectivity index (χ0) is 14.3. The Morgan fingerprint density at radius 3 is 2.70 bits per heavy atom. The molecule has 3 rings (SSSR count). The predicted octanol–water partition coefficient (Wildman–Crippen LogP) is 2.16. The first-order valence-corrected chi connectivity index (χ1v) is 7.01. The summed E-state index contributed by atoms with van der Waals surface area (Å²) < 4.78 is 1.79. The molecule has 2 heterocycles. The van der Waals surface area contributed by atoms with Crippen molar-refractivity contribution in [1.82, 2.24) is 9.30 Å². The van der Waals surface area contributed by atoms with Crippen molar-refractivity contribution in [2.24, 2.45) is 0 Å². The predicted molar refractivity (Wildman–Crippen MR) is 78.1 cm³/mol. The van der Waals surface area contributed by atoms with E-state index in [9.17, 15) is 14.8 Å². The number of aromatic nitrogens is 2. The average Bonchev–Trinajstić information content (AvgIpc) is 2.92. The Kier molecular flexibility index (Phi) is 3.11. The molecule has 2 aromatic heterocycles. The van der Waals surface area contributed by atoms with Crippen LogP contribution in [0.2, 0.25) is 5.02 Å². The highest BCUT2D eigenvalue weighted by atomic mass is 35.5. The van der Waals surface area contributed by atoms with Crippen molar-refractivity contribution in [2.45, 2.75) is 6.54 Å². The van der Waals surface area contributed by atoms with Crippen molar-refractivity contribution >= 4 is 33.2 Å². The van der Waals surface area contributed by atoms with E-state index in [4.69, 9.17) is 11.6 Å². The van der Waals surface area contributed by atoms with E-state index in [-0.39, 0.29) is 11.3 Å². The van der Waals surface area contributed by atoms with Gasteiger partial charge in [-0.15, -0.1) is 11.3 Å². The minimum atomic E-state index is -0.777. The van der Waals surface area contributed by atoms with Crippen molar-refractivity contribution < 1.29 is 5.21 Å². The summed E-state index contributed by atoms with van der Waals surface area (Å²) in [7, 11) is 0. The van der Waals surface area contributed by atoms with E-state index in [0.29, 0.717) is 15.2 Å². The van der Waals surface area contributed by atoms with Gasteiger partial charge in [-0.2, -0.15) is 0 Å². The SMILES string of the molecule is O=c1c2sccc2n(Cc2ccccc2Cl)c(=O)n1O. The molecule has 0 aliphatic carbocycles. The van der Waals surface area contributed by atoms with E-state index >= 15 is 0 Å². The molecule has 0 aliphatic heterocycles. The van der Waals surface area contributed by atoms with Gasteiger partial charge in [0.1, 0.15) is 4.70 Å². The van der Waals surface area contributed by atoms with E-state index in [2.05, 4.69) is 0 Å². The summed E-state index contributed by atoms with van der Waals surface area (Å²) in [6.45, 7) is 0.187. The van der Waals surface area contributed by atoms with Crippen LogP contribution in [0.1, 0.15) is 5.56 Å². The van der Waals surface area contributed by atoms with Crippen molar-refractivity contribution in [3.05, 3.63) is 67.1 Å². The van der Waals surface area contributed by atoms with Crippen LogP contribution in [0, 0.1) is 0 Å². The molecule has 0 saturated carbocycles. The molecule has 7 heteroatoms. The van der Waals surface area contributed by atoms with Crippen LogP contribution in [-0.2, 0) is 6.54 Å². The maximum absolute atomic E-state index is 12.1. The normalized spacial score (nSPS) is 11.1. The van der Waals surface area contributed by atoms with E-state index in [1.165, 1.54) is 15.9 Å². The summed E-state index contributed by atoms with van der Waals surface area (Å²) in [6, 6.07) is 8.80. The van der Waals surface area contributed by atoms with Gasteiger partial charge < -0.3 is 5.21 Å². The zero-order valence-corrected chi connectivity index (χ0v) is 11.7. The molecule has 5 nitrogen and oxygen atoms in total. The van der Waals surface area contributed by atoms with Gasteiger partial charge in [-0.3, -0.25) is 9.36 Å². The second-order valence-corrected chi connectivity index (χ2v) is 5.54. The number of nitrogens with zero attached hydrogens (tertiary/aromatic N) is 2. The summed E-state index contributed by atoms with van der Waals surface area (Å²) in [5, 5.41) is 11.8. The number of halogens is 1. The van der Waals surface area contributed by atoms with Gasteiger partial charge in [0.25, 0.3) is 0 Å². The zero-order valence-electron chi connectivity index (χ0n) is 10.1. The van der Waals surface area contributed by atoms with Gasteiger partial charge in [0, 0.05) is 5.02 Å². The van der Waals surface area contributed by atoms with E-state index in [1.807, 2.05) is 6.07 Å². The van der Waals surface area contributed by atoms with Crippen LogP contribution in [0.25, 0.3) is 10.2 Å². The van der Waals surface area contributed by atoms with Gasteiger partial charge in [-0.05, 0) is 23.1 Å². The average molecular weight is 309 g/mol. The first kappa shape index (κ1) is 13.0. The van der Waals surface area contributed by atoms with Crippen LogP contribution in [0.3, 0.4) is 0 Å². The van der Waals surface area contributed by atoms with Crippen LogP contribution in [-0.4, -0.2) is 14.5 Å². The Morgan fingerprint density at radius 2 is 1.95 bits per heavy atom. The fourth-order valence-electron chi connectivity index (χ4n) is 2.03. The van der Waals surface area contributed by atoms with Crippen LogP contribution in [0.5, 0.6) is 0 Å². The molecule has 0 bridgehead atoms. The number of rotatable bonds is 2. The monoisotopic (exact) mass is 308 g/mol. The summed E-state index contributed by atoms with van der Waals surface area (Å²) in [5.74, 6) is 0. The first-order valence-electron chi connectivity index (χ1n) is 5.75. The van der Waals surface area contributed by atoms with Gasteiger partial charge in [0.2, 0.25) is 0 Å². The molecule has 0 aliphatic rings. The molecule has 0 atom stereocenters. The Bertz CT molecular complexity index is 910. The molecular formula is C13H9ClN2O3S. The molecule has 0 saturated heterocycles. The molecule has 1 N–H and O–H groups in total. The lowest BCUT2D eigenvalue weighted by molar-refractivity contribution is 0.158. The topological polar surface area (TPSA) is 64.2 Å². The van der Waals surface area contributed by atoms with Crippen LogP contribution >= 0.6 is 22.9 Å². The van der Waals surface area contributed by atoms with Crippen molar-refractivity contribution in [1.29, 1.82) is 0 Å². The summed E-state index contributed by atoms with van der Waals surface area (Å²) in [4.78, 5) is 23.8. The van der Waals surface area contributed by atoms with Crippen LogP contribution < -0.4 is 11.2 Å². The van der Waals surface area contributed by atoms with Gasteiger partial charge in [0.15, 0.2) is 0 Å². The van der Waals surface area contributed by atoms with E-state index in [1.54, 1.807) is 29.6 Å². The third-order valence-corrected chi connectivity index (χ3v) is 4.28. The Labute approximate surface area is 121 Å². The fraction of sp³-hybridized carbons (Fsp3) is 0.0769. The quantitative estimate of drug-likeness (QED) is 0.738. The lowest BCUT2D eigenvalue weighted by Gasteiger charge is -2.10. The molecule has 102 valence electrons. The molecule has 0 radical (unpaired) electrons. The van der Waals surface area contributed by atoms with Crippen molar-refractivity contribution in [2.75, 3.05) is 0 Å². The molecule has 20 heavy (non-hydrogen) atoms. The number of fused-ring (bicyclic) bond motifs is 1. The maximum atomic E-state index is 12.1. The van der Waals surface area contributed by atoms with Crippen LogP contribution in [0.15, 0.2) is 45.3 Å². The minimum Gasteiger partial charge on any atom is -0.421 e. The molecule has 0 fully saturated rings. The number of hydrogen-bond donors (Lipinski definition) is 1. The molecule has 0 amide bonds. The highest BCUT2D eigenvalue weighted by Crippen LogP contribution is 2.19. The maximum Gasteiger partial charge on any atom is 0.365 e. The van der Waals surface area contributed by atoms with Crippen molar-refractivity contribution in [3.8, 4) is 0 Å². The van der Waals surface area contributed by atoms with Gasteiger partial charge in [0.05, 0.1) is 12.1 Å². The number of benzene rings is 1. The van der Waals surface area contributed by atoms with Crippen LogP contribution in [0.4, 0.5) is 0 Å². The molecule has 1 aromatic carbocycles. The van der Waals surface area contributed by atoms with Gasteiger partial charge in [-0.1, -0.05) is 34.5 Å². The Balaban J connectivity index is 2.27. The third kappa shape index (κ3) is 1.93.